The Hall–Kier alpha value is -1.55. The van der Waals surface area contributed by atoms with Gasteiger partial charge in [0.15, 0.2) is 0 Å². The van der Waals surface area contributed by atoms with E-state index in [1.807, 2.05) is 0 Å². The average Bonchev–Trinajstić information content (AvgIpc) is 2.16. The molecule has 0 aliphatic carbocycles. The standard InChI is InChI=1S/C9H11NO3/c1-10(13-2)8-6-4-3-5-7(8)9(11)12/h3-6H,1-2H3,(H,11,12). The molecule has 0 saturated heterocycles. The molecule has 0 radical (unpaired) electrons. The lowest BCUT2D eigenvalue weighted by atomic mass is 10.2. The molecular weight excluding hydrogens is 170 g/mol. The van der Waals surface area contributed by atoms with E-state index in [0.717, 1.165) is 0 Å². The highest BCUT2D eigenvalue weighted by molar-refractivity contribution is 5.94. The Morgan fingerprint density at radius 1 is 1.46 bits per heavy atom. The molecular formula is C9H11NO3. The highest BCUT2D eigenvalue weighted by atomic mass is 16.7. The van der Waals surface area contributed by atoms with Crippen molar-refractivity contribution in [2.45, 2.75) is 0 Å². The number of hydroxylamine groups is 1. The van der Waals surface area contributed by atoms with Crippen LogP contribution >= 0.6 is 0 Å². The Labute approximate surface area is 76.3 Å². The monoisotopic (exact) mass is 181 g/mol. The van der Waals surface area contributed by atoms with E-state index in [-0.39, 0.29) is 5.56 Å². The predicted molar refractivity (Wildman–Crippen MR) is 48.8 cm³/mol. The van der Waals surface area contributed by atoms with Gasteiger partial charge in [-0.3, -0.25) is 9.90 Å². The molecule has 0 aromatic heterocycles. The number of carboxylic acids is 1. The van der Waals surface area contributed by atoms with Gasteiger partial charge in [0.25, 0.3) is 0 Å². The Bertz CT molecular complexity index is 311. The van der Waals surface area contributed by atoms with Crippen LogP contribution in [-0.4, -0.2) is 25.2 Å². The van der Waals surface area contributed by atoms with E-state index in [0.29, 0.717) is 5.69 Å². The second-order valence-electron chi connectivity index (χ2n) is 2.50. The fourth-order valence-corrected chi connectivity index (χ4v) is 1.03. The van der Waals surface area contributed by atoms with Gasteiger partial charge in [-0.1, -0.05) is 12.1 Å². The number of para-hydroxylation sites is 1. The van der Waals surface area contributed by atoms with E-state index < -0.39 is 5.97 Å². The van der Waals surface area contributed by atoms with E-state index in [1.54, 1.807) is 25.2 Å². The summed E-state index contributed by atoms with van der Waals surface area (Å²) in [5, 5.41) is 10.2. The van der Waals surface area contributed by atoms with Crippen molar-refractivity contribution in [3.05, 3.63) is 29.8 Å². The summed E-state index contributed by atoms with van der Waals surface area (Å²) in [6.07, 6.45) is 0. The third-order valence-corrected chi connectivity index (χ3v) is 1.75. The molecule has 0 saturated carbocycles. The summed E-state index contributed by atoms with van der Waals surface area (Å²) < 4.78 is 0. The molecule has 4 nitrogen and oxygen atoms in total. The maximum Gasteiger partial charge on any atom is 0.337 e. The van der Waals surface area contributed by atoms with Crippen molar-refractivity contribution >= 4 is 11.7 Å². The van der Waals surface area contributed by atoms with Crippen LogP contribution in [0.15, 0.2) is 24.3 Å². The highest BCUT2D eigenvalue weighted by Gasteiger charge is 2.11. The Kier molecular flexibility index (Phi) is 2.87. The first kappa shape index (κ1) is 9.54. The summed E-state index contributed by atoms with van der Waals surface area (Å²) in [5.74, 6) is -0.959. The van der Waals surface area contributed by atoms with Crippen LogP contribution in [0.5, 0.6) is 0 Å². The smallest absolute Gasteiger partial charge is 0.337 e. The molecule has 0 aliphatic heterocycles. The molecule has 0 amide bonds. The van der Waals surface area contributed by atoms with Crippen LogP contribution < -0.4 is 5.06 Å². The molecule has 13 heavy (non-hydrogen) atoms. The van der Waals surface area contributed by atoms with Gasteiger partial charge in [-0.05, 0) is 12.1 Å². The van der Waals surface area contributed by atoms with Crippen LogP contribution in [0.2, 0.25) is 0 Å². The summed E-state index contributed by atoms with van der Waals surface area (Å²) in [5.41, 5.74) is 0.768. The quantitative estimate of drug-likeness (QED) is 0.716. The van der Waals surface area contributed by atoms with Crippen LogP contribution in [0, 0.1) is 0 Å². The molecule has 0 spiro atoms. The lowest BCUT2D eigenvalue weighted by Crippen LogP contribution is -2.17. The average molecular weight is 181 g/mol. The van der Waals surface area contributed by atoms with E-state index in [1.165, 1.54) is 18.2 Å². The summed E-state index contributed by atoms with van der Waals surface area (Å²) in [4.78, 5) is 15.7. The van der Waals surface area contributed by atoms with Crippen molar-refractivity contribution in [3.8, 4) is 0 Å². The first-order valence-corrected chi connectivity index (χ1v) is 3.77. The number of rotatable bonds is 3. The molecule has 0 unspecified atom stereocenters. The first-order chi connectivity index (χ1) is 6.16. The van der Waals surface area contributed by atoms with Gasteiger partial charge >= 0.3 is 5.97 Å². The SMILES string of the molecule is CON(C)c1ccccc1C(=O)O. The van der Waals surface area contributed by atoms with Crippen molar-refractivity contribution < 1.29 is 14.7 Å². The van der Waals surface area contributed by atoms with E-state index >= 15 is 0 Å². The minimum atomic E-state index is -0.959. The molecule has 70 valence electrons. The molecule has 1 N–H and O–H groups in total. The van der Waals surface area contributed by atoms with Crippen LogP contribution in [0.1, 0.15) is 10.4 Å². The first-order valence-electron chi connectivity index (χ1n) is 3.77. The van der Waals surface area contributed by atoms with Crippen molar-refractivity contribution in [2.75, 3.05) is 19.2 Å². The molecule has 0 heterocycles. The Morgan fingerprint density at radius 3 is 2.62 bits per heavy atom. The molecule has 0 aliphatic rings. The van der Waals surface area contributed by atoms with Crippen LogP contribution in [0.3, 0.4) is 0 Å². The van der Waals surface area contributed by atoms with Gasteiger partial charge in [0.05, 0.1) is 18.4 Å². The van der Waals surface area contributed by atoms with Gasteiger partial charge in [-0.15, -0.1) is 0 Å². The minimum absolute atomic E-state index is 0.229. The number of anilines is 1. The van der Waals surface area contributed by atoms with Gasteiger partial charge < -0.3 is 5.11 Å². The number of hydrogen-bond acceptors (Lipinski definition) is 3. The van der Waals surface area contributed by atoms with Crippen molar-refractivity contribution in [3.63, 3.8) is 0 Å². The van der Waals surface area contributed by atoms with E-state index in [2.05, 4.69) is 0 Å². The van der Waals surface area contributed by atoms with Crippen molar-refractivity contribution in [2.24, 2.45) is 0 Å². The zero-order valence-corrected chi connectivity index (χ0v) is 7.52. The second-order valence-corrected chi connectivity index (χ2v) is 2.50. The highest BCUT2D eigenvalue weighted by Crippen LogP contribution is 2.18. The van der Waals surface area contributed by atoms with Gasteiger partial charge in [-0.2, -0.15) is 0 Å². The van der Waals surface area contributed by atoms with Gasteiger partial charge in [0, 0.05) is 7.05 Å². The van der Waals surface area contributed by atoms with Gasteiger partial charge in [-0.25, -0.2) is 4.79 Å². The van der Waals surface area contributed by atoms with Crippen LogP contribution in [0.25, 0.3) is 0 Å². The molecule has 4 heteroatoms. The number of benzene rings is 1. The fraction of sp³-hybridized carbons (Fsp3) is 0.222. The van der Waals surface area contributed by atoms with Gasteiger partial charge in [0.2, 0.25) is 0 Å². The largest absolute Gasteiger partial charge is 0.478 e. The molecule has 0 fully saturated rings. The topological polar surface area (TPSA) is 49.8 Å². The second kappa shape index (κ2) is 3.91. The molecule has 0 atom stereocenters. The number of hydrogen-bond donors (Lipinski definition) is 1. The summed E-state index contributed by atoms with van der Waals surface area (Å²) in [6.45, 7) is 0. The van der Waals surface area contributed by atoms with Crippen molar-refractivity contribution in [1.29, 1.82) is 0 Å². The Balaban J connectivity index is 3.11. The van der Waals surface area contributed by atoms with Crippen molar-refractivity contribution in [1.82, 2.24) is 0 Å². The maximum absolute atomic E-state index is 10.8. The lowest BCUT2D eigenvalue weighted by molar-refractivity contribution is 0.0694. The van der Waals surface area contributed by atoms with E-state index in [4.69, 9.17) is 9.94 Å². The lowest BCUT2D eigenvalue weighted by Gasteiger charge is -2.17. The summed E-state index contributed by atoms with van der Waals surface area (Å²) >= 11 is 0. The molecule has 1 rings (SSSR count). The molecule has 1 aromatic carbocycles. The number of carboxylic acid groups (broad SMARTS) is 1. The molecule has 0 bridgehead atoms. The zero-order valence-electron chi connectivity index (χ0n) is 7.52. The minimum Gasteiger partial charge on any atom is -0.478 e. The van der Waals surface area contributed by atoms with Crippen LogP contribution in [0.4, 0.5) is 5.69 Å². The number of nitrogens with zero attached hydrogens (tertiary/aromatic N) is 1. The molecule has 1 aromatic rings. The summed E-state index contributed by atoms with van der Waals surface area (Å²) in [7, 11) is 3.14. The Morgan fingerprint density at radius 2 is 2.08 bits per heavy atom. The number of carbonyl (C=O) groups is 1. The zero-order chi connectivity index (χ0) is 9.84. The third-order valence-electron chi connectivity index (χ3n) is 1.75. The normalized spacial score (nSPS) is 9.69. The maximum atomic E-state index is 10.8. The van der Waals surface area contributed by atoms with E-state index in [9.17, 15) is 4.79 Å². The summed E-state index contributed by atoms with van der Waals surface area (Å²) in [6, 6.07) is 6.66. The third kappa shape index (κ3) is 1.97. The van der Waals surface area contributed by atoms with Crippen LogP contribution in [-0.2, 0) is 4.84 Å². The van der Waals surface area contributed by atoms with Gasteiger partial charge in [0.1, 0.15) is 0 Å². The predicted octanol–water partition coefficient (Wildman–Crippen LogP) is 1.38. The fourth-order valence-electron chi connectivity index (χ4n) is 1.03. The number of aromatic carboxylic acids is 1.